The summed E-state index contributed by atoms with van der Waals surface area (Å²) in [5.74, 6) is 1.32. The van der Waals surface area contributed by atoms with E-state index >= 15 is 0 Å². The minimum atomic E-state index is 0.0453. The van der Waals surface area contributed by atoms with Gasteiger partial charge in [-0.05, 0) is 35.1 Å². The molecule has 1 amide bonds. The SMILES string of the molecule is COc1cc(CC(=O)N2CC(c3cnn(C)c3)C(C)(C)C2)ccc1C. The van der Waals surface area contributed by atoms with Gasteiger partial charge in [0.2, 0.25) is 5.91 Å². The second-order valence-electron chi connectivity index (χ2n) is 7.74. The molecule has 3 rings (SSSR count). The average Bonchev–Trinajstić information content (AvgIpc) is 3.11. The fraction of sp³-hybridized carbons (Fsp3) is 0.500. The lowest BCUT2D eigenvalue weighted by molar-refractivity contribution is -0.129. The minimum Gasteiger partial charge on any atom is -0.496 e. The molecular formula is C20H27N3O2. The molecule has 1 unspecified atom stereocenters. The molecule has 2 heterocycles. The number of methoxy groups -OCH3 is 1. The van der Waals surface area contributed by atoms with Gasteiger partial charge < -0.3 is 9.64 Å². The Morgan fingerprint density at radius 3 is 2.80 bits per heavy atom. The van der Waals surface area contributed by atoms with Crippen molar-refractivity contribution in [1.29, 1.82) is 0 Å². The van der Waals surface area contributed by atoms with E-state index in [1.165, 1.54) is 5.56 Å². The molecule has 1 fully saturated rings. The van der Waals surface area contributed by atoms with Crippen LogP contribution in [0.2, 0.25) is 0 Å². The molecule has 1 aliphatic rings. The summed E-state index contributed by atoms with van der Waals surface area (Å²) in [6.45, 7) is 7.99. The number of ether oxygens (including phenoxy) is 1. The number of aromatic nitrogens is 2. The van der Waals surface area contributed by atoms with Crippen LogP contribution in [0.4, 0.5) is 0 Å². The normalized spacial score (nSPS) is 19.2. The summed E-state index contributed by atoms with van der Waals surface area (Å²) >= 11 is 0. The Bertz CT molecular complexity index is 779. The van der Waals surface area contributed by atoms with Crippen molar-refractivity contribution in [2.75, 3.05) is 20.2 Å². The number of carbonyl (C=O) groups excluding carboxylic acids is 1. The van der Waals surface area contributed by atoms with Gasteiger partial charge in [0, 0.05) is 32.3 Å². The summed E-state index contributed by atoms with van der Waals surface area (Å²) in [6, 6.07) is 5.98. The molecule has 1 aromatic heterocycles. The number of hydrogen-bond acceptors (Lipinski definition) is 3. The highest BCUT2D eigenvalue weighted by molar-refractivity contribution is 5.79. The van der Waals surface area contributed by atoms with Gasteiger partial charge in [-0.2, -0.15) is 5.10 Å². The lowest BCUT2D eigenvalue weighted by Gasteiger charge is -2.24. The van der Waals surface area contributed by atoms with Gasteiger partial charge in [-0.3, -0.25) is 9.48 Å². The highest BCUT2D eigenvalue weighted by Crippen LogP contribution is 2.42. The molecule has 0 radical (unpaired) electrons. The molecule has 5 heteroatoms. The summed E-state index contributed by atoms with van der Waals surface area (Å²) in [5, 5.41) is 4.29. The number of amides is 1. The molecule has 25 heavy (non-hydrogen) atoms. The number of aryl methyl sites for hydroxylation is 2. The smallest absolute Gasteiger partial charge is 0.227 e. The topological polar surface area (TPSA) is 47.4 Å². The van der Waals surface area contributed by atoms with E-state index in [1.54, 1.807) is 7.11 Å². The molecule has 1 aromatic carbocycles. The van der Waals surface area contributed by atoms with Crippen LogP contribution in [0.5, 0.6) is 5.75 Å². The standard InChI is InChI=1S/C20H27N3O2/c1-14-6-7-15(8-18(14)25-5)9-19(24)23-12-17(20(2,3)13-23)16-10-21-22(4)11-16/h6-8,10-11,17H,9,12-13H2,1-5H3. The average molecular weight is 341 g/mol. The number of benzene rings is 1. The van der Waals surface area contributed by atoms with E-state index in [2.05, 4.69) is 25.1 Å². The molecule has 1 saturated heterocycles. The van der Waals surface area contributed by atoms with Crippen molar-refractivity contribution in [2.24, 2.45) is 12.5 Å². The van der Waals surface area contributed by atoms with Crippen molar-refractivity contribution in [3.05, 3.63) is 47.3 Å². The summed E-state index contributed by atoms with van der Waals surface area (Å²) < 4.78 is 7.20. The Morgan fingerprint density at radius 2 is 2.16 bits per heavy atom. The van der Waals surface area contributed by atoms with Crippen molar-refractivity contribution in [2.45, 2.75) is 33.1 Å². The van der Waals surface area contributed by atoms with Gasteiger partial charge in [0.25, 0.3) is 0 Å². The van der Waals surface area contributed by atoms with Crippen LogP contribution in [0.1, 0.15) is 36.5 Å². The fourth-order valence-corrected chi connectivity index (χ4v) is 3.76. The Balaban J connectivity index is 1.73. The predicted octanol–water partition coefficient (Wildman–Crippen LogP) is 2.93. The van der Waals surface area contributed by atoms with E-state index in [-0.39, 0.29) is 11.3 Å². The van der Waals surface area contributed by atoms with Crippen molar-refractivity contribution in [3.63, 3.8) is 0 Å². The summed E-state index contributed by atoms with van der Waals surface area (Å²) in [6.07, 6.45) is 4.39. The van der Waals surface area contributed by atoms with Crippen LogP contribution in [0.3, 0.4) is 0 Å². The maximum Gasteiger partial charge on any atom is 0.227 e. The van der Waals surface area contributed by atoms with Crippen molar-refractivity contribution >= 4 is 5.91 Å². The first-order valence-corrected chi connectivity index (χ1v) is 8.70. The van der Waals surface area contributed by atoms with Crippen LogP contribution < -0.4 is 4.74 Å². The Morgan fingerprint density at radius 1 is 1.40 bits per heavy atom. The molecule has 0 bridgehead atoms. The van der Waals surface area contributed by atoms with Crippen LogP contribution in [-0.2, 0) is 18.3 Å². The minimum absolute atomic E-state index is 0.0453. The third-order valence-corrected chi connectivity index (χ3v) is 5.25. The molecular weight excluding hydrogens is 314 g/mol. The van der Waals surface area contributed by atoms with Crippen molar-refractivity contribution in [1.82, 2.24) is 14.7 Å². The second kappa shape index (κ2) is 6.54. The lowest BCUT2D eigenvalue weighted by atomic mass is 9.79. The monoisotopic (exact) mass is 341 g/mol. The third-order valence-electron chi connectivity index (χ3n) is 5.25. The highest BCUT2D eigenvalue weighted by atomic mass is 16.5. The zero-order chi connectivity index (χ0) is 18.2. The van der Waals surface area contributed by atoms with Gasteiger partial charge in [0.1, 0.15) is 5.75 Å². The van der Waals surface area contributed by atoms with Crippen LogP contribution in [0, 0.1) is 12.3 Å². The van der Waals surface area contributed by atoms with Crippen LogP contribution in [-0.4, -0.2) is 40.8 Å². The van der Waals surface area contributed by atoms with E-state index < -0.39 is 0 Å². The Kier molecular flexibility index (Phi) is 4.58. The maximum atomic E-state index is 12.8. The maximum absolute atomic E-state index is 12.8. The van der Waals surface area contributed by atoms with E-state index in [0.717, 1.165) is 30.0 Å². The molecule has 0 saturated carbocycles. The zero-order valence-corrected chi connectivity index (χ0v) is 15.7. The molecule has 2 aromatic rings. The molecule has 134 valence electrons. The van der Waals surface area contributed by atoms with Crippen molar-refractivity contribution in [3.8, 4) is 5.75 Å². The first-order chi connectivity index (χ1) is 11.8. The van der Waals surface area contributed by atoms with E-state index in [4.69, 9.17) is 4.74 Å². The quantitative estimate of drug-likeness (QED) is 0.859. The molecule has 5 nitrogen and oxygen atoms in total. The number of carbonyl (C=O) groups is 1. The summed E-state index contributed by atoms with van der Waals surface area (Å²) in [5.41, 5.74) is 3.33. The van der Waals surface area contributed by atoms with Gasteiger partial charge in [-0.15, -0.1) is 0 Å². The van der Waals surface area contributed by atoms with E-state index in [0.29, 0.717) is 12.3 Å². The Labute approximate surface area is 149 Å². The van der Waals surface area contributed by atoms with E-state index in [1.807, 2.05) is 47.9 Å². The van der Waals surface area contributed by atoms with Crippen LogP contribution >= 0.6 is 0 Å². The van der Waals surface area contributed by atoms with Crippen LogP contribution in [0.25, 0.3) is 0 Å². The molecule has 1 aliphatic heterocycles. The van der Waals surface area contributed by atoms with Gasteiger partial charge >= 0.3 is 0 Å². The van der Waals surface area contributed by atoms with Crippen LogP contribution in [0.15, 0.2) is 30.6 Å². The van der Waals surface area contributed by atoms with Crippen molar-refractivity contribution < 1.29 is 9.53 Å². The molecule has 0 N–H and O–H groups in total. The first-order valence-electron chi connectivity index (χ1n) is 8.70. The number of likely N-dealkylation sites (tertiary alicyclic amines) is 1. The third kappa shape index (κ3) is 3.55. The highest BCUT2D eigenvalue weighted by Gasteiger charge is 2.42. The molecule has 0 spiro atoms. The van der Waals surface area contributed by atoms with Gasteiger partial charge in [0.15, 0.2) is 0 Å². The lowest BCUT2D eigenvalue weighted by Crippen LogP contribution is -2.31. The largest absolute Gasteiger partial charge is 0.496 e. The zero-order valence-electron chi connectivity index (χ0n) is 15.7. The van der Waals surface area contributed by atoms with Gasteiger partial charge in [-0.25, -0.2) is 0 Å². The number of nitrogens with zero attached hydrogens (tertiary/aromatic N) is 3. The Hall–Kier alpha value is -2.30. The molecule has 0 aliphatic carbocycles. The fourth-order valence-electron chi connectivity index (χ4n) is 3.76. The second-order valence-corrected chi connectivity index (χ2v) is 7.74. The van der Waals surface area contributed by atoms with Gasteiger partial charge in [0.05, 0.1) is 19.7 Å². The van der Waals surface area contributed by atoms with Gasteiger partial charge in [-0.1, -0.05) is 26.0 Å². The number of hydrogen-bond donors (Lipinski definition) is 0. The number of rotatable bonds is 4. The molecule has 1 atom stereocenters. The summed E-state index contributed by atoms with van der Waals surface area (Å²) in [4.78, 5) is 14.8. The first kappa shape index (κ1) is 17.5. The summed E-state index contributed by atoms with van der Waals surface area (Å²) in [7, 11) is 3.59. The predicted molar refractivity (Wildman–Crippen MR) is 97.7 cm³/mol. The van der Waals surface area contributed by atoms with E-state index in [9.17, 15) is 4.79 Å².